The van der Waals surface area contributed by atoms with Gasteiger partial charge in [-0.1, -0.05) is 0 Å². The van der Waals surface area contributed by atoms with Crippen molar-refractivity contribution in [2.45, 2.75) is 20.0 Å². The quantitative estimate of drug-likeness (QED) is 0.678. The van der Waals surface area contributed by atoms with Crippen LogP contribution in [0.3, 0.4) is 0 Å². The highest BCUT2D eigenvalue weighted by Crippen LogP contribution is 2.13. The zero-order valence-corrected chi connectivity index (χ0v) is 12.4. The number of benzene rings is 1. The summed E-state index contributed by atoms with van der Waals surface area (Å²) in [6.45, 7) is 2.66. The number of carbonyl (C=O) groups excluding carboxylic acids is 3. The second kappa shape index (κ2) is 6.51. The molecule has 7 heteroatoms. The summed E-state index contributed by atoms with van der Waals surface area (Å²) in [4.78, 5) is 37.7. The molecule has 2 rings (SSSR count). The molecule has 0 bridgehead atoms. The molecule has 0 fully saturated rings. The Morgan fingerprint density at radius 3 is 2.35 bits per heavy atom. The molecule has 1 unspecified atom stereocenters. The number of H-pyrrole nitrogens is 1. The normalized spacial score (nSPS) is 11.8. The number of ether oxygens (including phenoxy) is 1. The number of rotatable bonds is 5. The van der Waals surface area contributed by atoms with E-state index in [1.165, 1.54) is 26.1 Å². The van der Waals surface area contributed by atoms with Crippen molar-refractivity contribution in [3.63, 3.8) is 0 Å². The minimum absolute atomic E-state index is 0.0140. The van der Waals surface area contributed by atoms with Crippen molar-refractivity contribution in [3.05, 3.63) is 58.9 Å². The van der Waals surface area contributed by atoms with Gasteiger partial charge in [0.05, 0.1) is 0 Å². The van der Waals surface area contributed by atoms with Crippen LogP contribution in [0.1, 0.15) is 45.1 Å². The molecule has 120 valence electrons. The van der Waals surface area contributed by atoms with Crippen molar-refractivity contribution in [1.82, 2.24) is 4.98 Å². The van der Waals surface area contributed by atoms with Crippen LogP contribution in [0.4, 0.5) is 8.78 Å². The fourth-order valence-electron chi connectivity index (χ4n) is 1.88. The number of aromatic nitrogens is 1. The molecular weight excluding hydrogens is 308 g/mol. The first-order valence-electron chi connectivity index (χ1n) is 6.69. The van der Waals surface area contributed by atoms with E-state index in [4.69, 9.17) is 4.74 Å². The van der Waals surface area contributed by atoms with Gasteiger partial charge in [-0.3, -0.25) is 9.59 Å². The summed E-state index contributed by atoms with van der Waals surface area (Å²) in [6.07, 6.45) is 0.150. The van der Waals surface area contributed by atoms with Gasteiger partial charge in [0.1, 0.15) is 5.69 Å². The maximum absolute atomic E-state index is 13.1. The number of aromatic amines is 1. The number of ketones is 2. The number of carbonyl (C=O) groups is 3. The van der Waals surface area contributed by atoms with Crippen molar-refractivity contribution in [2.24, 2.45) is 0 Å². The van der Waals surface area contributed by atoms with E-state index >= 15 is 0 Å². The second-order valence-electron chi connectivity index (χ2n) is 4.90. The summed E-state index contributed by atoms with van der Waals surface area (Å²) in [5, 5.41) is 0. The SMILES string of the molecule is CC(=O)c1c[nH]c(C(=O)OC(C)C(=O)c2ccc(F)c(F)c2)c1. The van der Waals surface area contributed by atoms with E-state index in [1.807, 2.05) is 0 Å². The molecule has 1 heterocycles. The van der Waals surface area contributed by atoms with Gasteiger partial charge in [-0.05, 0) is 38.1 Å². The van der Waals surface area contributed by atoms with Crippen molar-refractivity contribution < 1.29 is 27.9 Å². The Labute approximate surface area is 130 Å². The lowest BCUT2D eigenvalue weighted by Gasteiger charge is -2.11. The largest absolute Gasteiger partial charge is 0.450 e. The number of halogens is 2. The minimum atomic E-state index is -1.20. The lowest BCUT2D eigenvalue weighted by molar-refractivity contribution is 0.0313. The third-order valence-electron chi connectivity index (χ3n) is 3.17. The smallest absolute Gasteiger partial charge is 0.355 e. The van der Waals surface area contributed by atoms with Gasteiger partial charge in [0.15, 0.2) is 23.5 Å². The van der Waals surface area contributed by atoms with Crippen molar-refractivity contribution in [2.75, 3.05) is 0 Å². The van der Waals surface area contributed by atoms with Crippen LogP contribution < -0.4 is 0 Å². The summed E-state index contributed by atoms with van der Waals surface area (Å²) >= 11 is 0. The maximum Gasteiger partial charge on any atom is 0.355 e. The molecule has 0 aliphatic carbocycles. The zero-order chi connectivity index (χ0) is 17.1. The van der Waals surface area contributed by atoms with Crippen LogP contribution >= 0.6 is 0 Å². The highest BCUT2D eigenvalue weighted by molar-refractivity contribution is 6.02. The van der Waals surface area contributed by atoms with Gasteiger partial charge in [-0.2, -0.15) is 0 Å². The van der Waals surface area contributed by atoms with Gasteiger partial charge in [0.2, 0.25) is 5.78 Å². The zero-order valence-electron chi connectivity index (χ0n) is 12.4. The number of esters is 1. The van der Waals surface area contributed by atoms with Crippen LogP contribution in [-0.4, -0.2) is 28.6 Å². The summed E-state index contributed by atoms with van der Waals surface area (Å²) in [5.74, 6) is -3.97. The van der Waals surface area contributed by atoms with Gasteiger partial charge in [-0.25, -0.2) is 13.6 Å². The van der Waals surface area contributed by atoms with Crippen LogP contribution in [0.2, 0.25) is 0 Å². The fourth-order valence-corrected chi connectivity index (χ4v) is 1.88. The lowest BCUT2D eigenvalue weighted by atomic mass is 10.1. The van der Waals surface area contributed by atoms with E-state index in [0.717, 1.165) is 18.2 Å². The summed E-state index contributed by atoms with van der Waals surface area (Å²) in [7, 11) is 0. The molecule has 0 radical (unpaired) electrons. The Hall–Kier alpha value is -2.83. The summed E-state index contributed by atoms with van der Waals surface area (Å²) < 4.78 is 31.0. The van der Waals surface area contributed by atoms with Crippen molar-refractivity contribution in [3.8, 4) is 0 Å². The number of Topliss-reactive ketones (excluding diaryl/α,β-unsaturated/α-hetero) is 2. The average Bonchev–Trinajstić information content (AvgIpc) is 2.99. The van der Waals surface area contributed by atoms with E-state index in [9.17, 15) is 23.2 Å². The molecular formula is C16H13F2NO4. The van der Waals surface area contributed by atoms with Gasteiger partial charge >= 0.3 is 5.97 Å². The average molecular weight is 321 g/mol. The van der Waals surface area contributed by atoms with Crippen LogP contribution in [0.15, 0.2) is 30.5 Å². The Bertz CT molecular complexity index is 782. The van der Waals surface area contributed by atoms with E-state index in [-0.39, 0.29) is 17.0 Å². The standard InChI is InChI=1S/C16H13F2NO4/c1-8(20)11-6-14(19-7-11)16(22)23-9(2)15(21)10-3-4-12(17)13(18)5-10/h3-7,9,19H,1-2H3. The number of hydrogen-bond donors (Lipinski definition) is 1. The Kier molecular flexibility index (Phi) is 4.68. The highest BCUT2D eigenvalue weighted by Gasteiger charge is 2.22. The predicted molar refractivity (Wildman–Crippen MR) is 76.4 cm³/mol. The molecule has 0 aliphatic rings. The van der Waals surface area contributed by atoms with Crippen molar-refractivity contribution in [1.29, 1.82) is 0 Å². The van der Waals surface area contributed by atoms with E-state index in [0.29, 0.717) is 5.56 Å². The third kappa shape index (κ3) is 3.68. The minimum Gasteiger partial charge on any atom is -0.450 e. The molecule has 2 aromatic rings. The molecule has 0 aliphatic heterocycles. The van der Waals surface area contributed by atoms with Crippen LogP contribution in [0.25, 0.3) is 0 Å². The lowest BCUT2D eigenvalue weighted by Crippen LogP contribution is -2.24. The molecule has 0 saturated heterocycles. The third-order valence-corrected chi connectivity index (χ3v) is 3.17. The number of hydrogen-bond acceptors (Lipinski definition) is 4. The van der Waals surface area contributed by atoms with Gasteiger partial charge in [0.25, 0.3) is 0 Å². The Morgan fingerprint density at radius 2 is 1.78 bits per heavy atom. The molecule has 1 aromatic heterocycles. The van der Waals surface area contributed by atoms with Crippen molar-refractivity contribution >= 4 is 17.5 Å². The molecule has 1 aromatic carbocycles. The number of nitrogens with one attached hydrogen (secondary N) is 1. The second-order valence-corrected chi connectivity index (χ2v) is 4.90. The summed E-state index contributed by atoms with van der Waals surface area (Å²) in [6, 6.07) is 3.97. The molecule has 1 atom stereocenters. The first kappa shape index (κ1) is 16.5. The first-order chi connectivity index (χ1) is 10.8. The molecule has 0 spiro atoms. The topological polar surface area (TPSA) is 76.2 Å². The summed E-state index contributed by atoms with van der Waals surface area (Å²) in [5.41, 5.74) is 0.205. The Morgan fingerprint density at radius 1 is 1.09 bits per heavy atom. The van der Waals surface area contributed by atoms with Gasteiger partial charge < -0.3 is 9.72 Å². The maximum atomic E-state index is 13.1. The van der Waals surface area contributed by atoms with Gasteiger partial charge in [0, 0.05) is 17.3 Å². The Balaban J connectivity index is 2.09. The molecule has 5 nitrogen and oxygen atoms in total. The van der Waals surface area contributed by atoms with Crippen LogP contribution in [-0.2, 0) is 4.74 Å². The molecule has 1 N–H and O–H groups in total. The predicted octanol–water partition coefficient (Wildman–Crippen LogP) is 2.92. The molecule has 23 heavy (non-hydrogen) atoms. The fraction of sp³-hybridized carbons (Fsp3) is 0.188. The van der Waals surface area contributed by atoms with Crippen LogP contribution in [0.5, 0.6) is 0 Å². The molecule has 0 amide bonds. The first-order valence-corrected chi connectivity index (χ1v) is 6.69. The highest BCUT2D eigenvalue weighted by atomic mass is 19.2. The van der Waals surface area contributed by atoms with E-state index in [2.05, 4.69) is 4.98 Å². The van der Waals surface area contributed by atoms with E-state index in [1.54, 1.807) is 0 Å². The van der Waals surface area contributed by atoms with Crippen LogP contribution in [0, 0.1) is 11.6 Å². The molecule has 0 saturated carbocycles. The monoisotopic (exact) mass is 321 g/mol. The van der Waals surface area contributed by atoms with E-state index < -0.39 is 29.5 Å². The van der Waals surface area contributed by atoms with Gasteiger partial charge in [-0.15, -0.1) is 0 Å².